The largest absolute Gasteiger partial charge is 0.480 e. The summed E-state index contributed by atoms with van der Waals surface area (Å²) in [6.45, 7) is 4.11. The zero-order valence-corrected chi connectivity index (χ0v) is 19.3. The summed E-state index contributed by atoms with van der Waals surface area (Å²) in [4.78, 5) is 51.1. The maximum Gasteiger partial charge on any atom is 0.320 e. The molecule has 9 heteroatoms. The normalized spacial score (nSPS) is 14.7. The van der Waals surface area contributed by atoms with Gasteiger partial charge in [0.05, 0.1) is 17.2 Å². The third kappa shape index (κ3) is 5.99. The molecule has 1 aliphatic rings. The van der Waals surface area contributed by atoms with Crippen molar-refractivity contribution in [3.05, 3.63) is 65.2 Å². The number of rotatable bonds is 11. The number of anilines is 1. The van der Waals surface area contributed by atoms with E-state index in [1.165, 1.54) is 12.1 Å². The average Bonchev–Trinajstić information content (AvgIpc) is 3.03. The number of imide groups is 1. The molecular weight excluding hydrogens is 436 g/mol. The molecule has 1 aliphatic heterocycles. The molecule has 180 valence electrons. The first kappa shape index (κ1) is 24.9. The Hall–Kier alpha value is -3.72. The van der Waals surface area contributed by atoms with E-state index in [1.54, 1.807) is 6.07 Å². The minimum atomic E-state index is -1.16. The number of nitrogens with one attached hydrogen (secondary N) is 2. The zero-order valence-electron chi connectivity index (χ0n) is 19.3. The first-order chi connectivity index (χ1) is 16.2. The van der Waals surface area contributed by atoms with Gasteiger partial charge in [-0.1, -0.05) is 44.2 Å². The van der Waals surface area contributed by atoms with E-state index in [4.69, 9.17) is 5.73 Å². The lowest BCUT2D eigenvalue weighted by molar-refractivity contribution is -0.140. The molecule has 0 fully saturated rings. The fourth-order valence-corrected chi connectivity index (χ4v) is 3.92. The predicted octanol–water partition coefficient (Wildman–Crippen LogP) is 2.03. The summed E-state index contributed by atoms with van der Waals surface area (Å²) < 4.78 is 0. The van der Waals surface area contributed by atoms with Crippen molar-refractivity contribution in [1.29, 1.82) is 0 Å². The van der Waals surface area contributed by atoms with Gasteiger partial charge >= 0.3 is 5.97 Å². The van der Waals surface area contributed by atoms with Crippen LogP contribution in [0.1, 0.15) is 53.0 Å². The molecule has 34 heavy (non-hydrogen) atoms. The highest BCUT2D eigenvalue weighted by molar-refractivity contribution is 6.21. The summed E-state index contributed by atoms with van der Waals surface area (Å²) in [5, 5.41) is 15.5. The SMILES string of the molecule is CC(C)CC(NC(CCN1C(=O)c2ccc(N)cc2C1=O)C(=O)O)C(=O)NCc1ccccc1. The van der Waals surface area contributed by atoms with E-state index in [1.807, 2.05) is 44.2 Å². The van der Waals surface area contributed by atoms with Gasteiger partial charge in [0.2, 0.25) is 5.91 Å². The number of carbonyl (C=O) groups excluding carboxylic acids is 3. The van der Waals surface area contributed by atoms with Crippen LogP contribution in [0, 0.1) is 5.92 Å². The summed E-state index contributed by atoms with van der Waals surface area (Å²) in [6, 6.07) is 12.0. The van der Waals surface area contributed by atoms with Crippen LogP contribution in [0.2, 0.25) is 0 Å². The Morgan fingerprint density at radius 3 is 2.32 bits per heavy atom. The molecule has 0 aromatic heterocycles. The second-order valence-electron chi connectivity index (χ2n) is 8.80. The number of amides is 3. The van der Waals surface area contributed by atoms with Gasteiger partial charge in [0.25, 0.3) is 11.8 Å². The van der Waals surface area contributed by atoms with Gasteiger partial charge in [0.15, 0.2) is 0 Å². The lowest BCUT2D eigenvalue weighted by Crippen LogP contribution is -2.52. The number of carboxylic acids is 1. The van der Waals surface area contributed by atoms with Crippen LogP contribution < -0.4 is 16.4 Å². The fourth-order valence-electron chi connectivity index (χ4n) is 3.92. The molecule has 2 aromatic carbocycles. The zero-order chi connectivity index (χ0) is 24.8. The van der Waals surface area contributed by atoms with E-state index < -0.39 is 29.9 Å². The van der Waals surface area contributed by atoms with E-state index in [0.29, 0.717) is 18.7 Å². The minimum Gasteiger partial charge on any atom is -0.480 e. The van der Waals surface area contributed by atoms with E-state index >= 15 is 0 Å². The lowest BCUT2D eigenvalue weighted by Gasteiger charge is -2.25. The van der Waals surface area contributed by atoms with Crippen LogP contribution in [0.15, 0.2) is 48.5 Å². The highest BCUT2D eigenvalue weighted by Gasteiger charge is 2.36. The summed E-state index contributed by atoms with van der Waals surface area (Å²) in [5.74, 6) is -2.32. The Balaban J connectivity index is 1.65. The number of hydrogen-bond acceptors (Lipinski definition) is 6. The number of nitrogen functional groups attached to an aromatic ring is 1. The molecule has 2 aromatic rings. The predicted molar refractivity (Wildman–Crippen MR) is 127 cm³/mol. The van der Waals surface area contributed by atoms with Crippen molar-refractivity contribution in [2.45, 2.75) is 45.3 Å². The van der Waals surface area contributed by atoms with Gasteiger partial charge < -0.3 is 16.2 Å². The van der Waals surface area contributed by atoms with Crippen molar-refractivity contribution >= 4 is 29.4 Å². The number of carboxylic acid groups (broad SMARTS) is 1. The molecule has 3 rings (SSSR count). The Labute approximate surface area is 198 Å². The van der Waals surface area contributed by atoms with Crippen LogP contribution in [0.5, 0.6) is 0 Å². The molecule has 9 nitrogen and oxygen atoms in total. The van der Waals surface area contributed by atoms with Crippen molar-refractivity contribution < 1.29 is 24.3 Å². The Morgan fingerprint density at radius 1 is 1.00 bits per heavy atom. The van der Waals surface area contributed by atoms with Crippen molar-refractivity contribution in [3.8, 4) is 0 Å². The fraction of sp³-hybridized carbons (Fsp3) is 0.360. The molecule has 2 unspecified atom stereocenters. The maximum atomic E-state index is 12.9. The van der Waals surface area contributed by atoms with Crippen molar-refractivity contribution in [1.82, 2.24) is 15.5 Å². The molecule has 5 N–H and O–H groups in total. The Kier molecular flexibility index (Phi) is 8.01. The molecule has 1 heterocycles. The number of nitrogens with zero attached hydrogens (tertiary/aromatic N) is 1. The summed E-state index contributed by atoms with van der Waals surface area (Å²) in [7, 11) is 0. The highest BCUT2D eigenvalue weighted by atomic mass is 16.4. The molecule has 0 aliphatic carbocycles. The molecule has 0 bridgehead atoms. The lowest BCUT2D eigenvalue weighted by atomic mass is 10.0. The smallest absolute Gasteiger partial charge is 0.320 e. The van der Waals surface area contributed by atoms with Crippen LogP contribution >= 0.6 is 0 Å². The molecule has 3 amide bonds. The van der Waals surface area contributed by atoms with Gasteiger partial charge in [0, 0.05) is 18.8 Å². The third-order valence-electron chi connectivity index (χ3n) is 5.67. The van der Waals surface area contributed by atoms with Gasteiger partial charge in [-0.2, -0.15) is 0 Å². The number of aliphatic carboxylic acids is 1. The van der Waals surface area contributed by atoms with Crippen LogP contribution in [0.3, 0.4) is 0 Å². The number of carbonyl (C=O) groups is 4. The monoisotopic (exact) mass is 466 g/mol. The van der Waals surface area contributed by atoms with Gasteiger partial charge in [-0.15, -0.1) is 0 Å². The van der Waals surface area contributed by atoms with Gasteiger partial charge in [-0.3, -0.25) is 29.4 Å². The quantitative estimate of drug-likeness (QED) is 0.293. The van der Waals surface area contributed by atoms with Gasteiger partial charge in [-0.25, -0.2) is 0 Å². The third-order valence-corrected chi connectivity index (χ3v) is 5.67. The van der Waals surface area contributed by atoms with Gasteiger partial charge in [-0.05, 0) is 42.5 Å². The molecule has 0 saturated heterocycles. The second kappa shape index (κ2) is 10.9. The molecule has 0 spiro atoms. The maximum absolute atomic E-state index is 12.9. The van der Waals surface area contributed by atoms with E-state index in [0.717, 1.165) is 10.5 Å². The van der Waals surface area contributed by atoms with E-state index in [-0.39, 0.29) is 35.9 Å². The van der Waals surface area contributed by atoms with Crippen molar-refractivity contribution in [2.75, 3.05) is 12.3 Å². The standard InChI is InChI=1S/C25H30N4O5/c1-15(2)12-21(22(30)27-14-16-6-4-3-5-7-16)28-20(25(33)34)10-11-29-23(31)18-9-8-17(26)13-19(18)24(29)32/h3-9,13,15,20-21,28H,10-12,14,26H2,1-2H3,(H,27,30)(H,33,34). The number of nitrogens with two attached hydrogens (primary N) is 1. The number of fused-ring (bicyclic) bond motifs is 1. The Morgan fingerprint density at radius 2 is 1.68 bits per heavy atom. The summed E-state index contributed by atoms with van der Waals surface area (Å²) >= 11 is 0. The van der Waals surface area contributed by atoms with Crippen LogP contribution in [-0.2, 0) is 16.1 Å². The number of hydrogen-bond donors (Lipinski definition) is 4. The molecule has 0 saturated carbocycles. The Bertz CT molecular complexity index is 1070. The van der Waals surface area contributed by atoms with Crippen LogP contribution in [-0.4, -0.2) is 52.3 Å². The first-order valence-electron chi connectivity index (χ1n) is 11.2. The molecule has 2 atom stereocenters. The second-order valence-corrected chi connectivity index (χ2v) is 8.80. The average molecular weight is 467 g/mol. The topological polar surface area (TPSA) is 142 Å². The van der Waals surface area contributed by atoms with Crippen LogP contribution in [0.25, 0.3) is 0 Å². The first-order valence-corrected chi connectivity index (χ1v) is 11.2. The van der Waals surface area contributed by atoms with Crippen molar-refractivity contribution in [2.24, 2.45) is 5.92 Å². The summed E-state index contributed by atoms with van der Waals surface area (Å²) in [6.07, 6.45) is 0.382. The molecule has 0 radical (unpaired) electrons. The molecular formula is C25H30N4O5. The number of benzene rings is 2. The summed E-state index contributed by atoms with van der Waals surface area (Å²) in [5.41, 5.74) is 7.48. The highest BCUT2D eigenvalue weighted by Crippen LogP contribution is 2.25. The van der Waals surface area contributed by atoms with E-state index in [2.05, 4.69) is 10.6 Å². The van der Waals surface area contributed by atoms with Gasteiger partial charge in [0.1, 0.15) is 6.04 Å². The van der Waals surface area contributed by atoms with Crippen molar-refractivity contribution in [3.63, 3.8) is 0 Å². The van der Waals surface area contributed by atoms with E-state index in [9.17, 15) is 24.3 Å². The van der Waals surface area contributed by atoms with Crippen LogP contribution in [0.4, 0.5) is 5.69 Å². The minimum absolute atomic E-state index is 0.0448.